The van der Waals surface area contributed by atoms with Gasteiger partial charge in [-0.2, -0.15) is 0 Å². The standard InChI is InChI=1S/C16H18O4.C7H8/c1-2-14(17)20-15-12(8-11-6-4-3-5-7-11)9-13-10-18-16(15)19-13;1-7-5-3-2-4-6-7/h2-7,12-13,15-16H,1,8-10H2;2-6H,1H3/t12?,13-,15?,16+;/m0./s1. The van der Waals surface area contributed by atoms with Crippen LogP contribution in [-0.4, -0.2) is 31.1 Å². The molecule has 0 spiro atoms. The van der Waals surface area contributed by atoms with E-state index in [4.69, 9.17) is 14.2 Å². The Kier molecular flexibility index (Phi) is 6.80. The Balaban J connectivity index is 0.000000253. The Morgan fingerprint density at radius 3 is 2.41 bits per heavy atom. The zero-order chi connectivity index (χ0) is 19.1. The molecule has 0 radical (unpaired) electrons. The molecule has 4 heteroatoms. The van der Waals surface area contributed by atoms with Crippen molar-refractivity contribution in [1.29, 1.82) is 0 Å². The highest BCUT2D eigenvalue weighted by Crippen LogP contribution is 2.35. The van der Waals surface area contributed by atoms with Gasteiger partial charge in [0.15, 0.2) is 12.4 Å². The summed E-state index contributed by atoms with van der Waals surface area (Å²) in [5.41, 5.74) is 2.56. The molecule has 2 unspecified atom stereocenters. The number of carbonyl (C=O) groups is 1. The third-order valence-electron chi connectivity index (χ3n) is 4.77. The van der Waals surface area contributed by atoms with Crippen molar-refractivity contribution in [3.05, 3.63) is 84.4 Å². The summed E-state index contributed by atoms with van der Waals surface area (Å²) in [5.74, 6) is -0.210. The lowest BCUT2D eigenvalue weighted by molar-refractivity contribution is -0.198. The van der Waals surface area contributed by atoms with Gasteiger partial charge in [-0.15, -0.1) is 0 Å². The normalized spacial score (nSPS) is 25.8. The van der Waals surface area contributed by atoms with Crippen molar-refractivity contribution in [1.82, 2.24) is 0 Å². The van der Waals surface area contributed by atoms with E-state index in [1.54, 1.807) is 0 Å². The van der Waals surface area contributed by atoms with Crippen molar-refractivity contribution in [2.75, 3.05) is 6.61 Å². The molecular formula is C23H26O4. The van der Waals surface area contributed by atoms with E-state index < -0.39 is 12.3 Å². The molecule has 0 saturated carbocycles. The van der Waals surface area contributed by atoms with E-state index in [0.29, 0.717) is 6.61 Å². The van der Waals surface area contributed by atoms with Crippen LogP contribution in [0.2, 0.25) is 0 Å². The van der Waals surface area contributed by atoms with E-state index in [-0.39, 0.29) is 18.1 Å². The van der Waals surface area contributed by atoms with E-state index in [1.165, 1.54) is 17.2 Å². The first-order chi connectivity index (χ1) is 13.2. The highest BCUT2D eigenvalue weighted by molar-refractivity contribution is 5.81. The Bertz CT molecular complexity index is 729. The van der Waals surface area contributed by atoms with E-state index in [0.717, 1.165) is 12.8 Å². The summed E-state index contributed by atoms with van der Waals surface area (Å²) in [5, 5.41) is 0. The lowest BCUT2D eigenvalue weighted by Gasteiger charge is -2.34. The number of rotatable bonds is 4. The molecule has 2 fully saturated rings. The summed E-state index contributed by atoms with van der Waals surface area (Å²) in [7, 11) is 0. The van der Waals surface area contributed by atoms with Crippen molar-refractivity contribution in [2.45, 2.75) is 38.3 Å². The maximum atomic E-state index is 11.5. The summed E-state index contributed by atoms with van der Waals surface area (Å²) in [6, 6.07) is 20.5. The number of benzene rings is 2. The smallest absolute Gasteiger partial charge is 0.330 e. The molecule has 2 aromatic rings. The molecule has 2 aromatic carbocycles. The molecule has 0 amide bonds. The van der Waals surface area contributed by atoms with Gasteiger partial charge in [0.25, 0.3) is 0 Å². The number of aryl methyl sites for hydroxylation is 1. The van der Waals surface area contributed by atoms with Crippen LogP contribution < -0.4 is 0 Å². The molecule has 2 saturated heterocycles. The molecule has 0 aliphatic carbocycles. The van der Waals surface area contributed by atoms with Crippen molar-refractivity contribution in [3.63, 3.8) is 0 Å². The minimum Gasteiger partial charge on any atom is -0.453 e. The van der Waals surface area contributed by atoms with Crippen LogP contribution in [0.15, 0.2) is 73.3 Å². The molecular weight excluding hydrogens is 340 g/mol. The Labute approximate surface area is 160 Å². The van der Waals surface area contributed by atoms with Gasteiger partial charge in [0.1, 0.15) is 0 Å². The minimum absolute atomic E-state index is 0.118. The van der Waals surface area contributed by atoms with E-state index in [1.807, 2.05) is 36.4 Å². The van der Waals surface area contributed by atoms with Crippen LogP contribution in [0.5, 0.6) is 0 Å². The molecule has 2 aliphatic heterocycles. The minimum atomic E-state index is -0.439. The maximum Gasteiger partial charge on any atom is 0.330 e. The quantitative estimate of drug-likeness (QED) is 0.604. The van der Waals surface area contributed by atoms with Crippen LogP contribution in [0.3, 0.4) is 0 Å². The highest BCUT2D eigenvalue weighted by atomic mass is 16.7. The molecule has 27 heavy (non-hydrogen) atoms. The molecule has 4 nitrogen and oxygen atoms in total. The predicted molar refractivity (Wildman–Crippen MR) is 104 cm³/mol. The van der Waals surface area contributed by atoms with Gasteiger partial charge in [-0.3, -0.25) is 0 Å². The number of hydrogen-bond donors (Lipinski definition) is 0. The maximum absolute atomic E-state index is 11.5. The number of ether oxygens (including phenoxy) is 3. The topological polar surface area (TPSA) is 44.8 Å². The molecule has 2 heterocycles. The summed E-state index contributed by atoms with van der Waals surface area (Å²) in [4.78, 5) is 11.5. The fourth-order valence-electron chi connectivity index (χ4n) is 3.45. The number of hydrogen-bond acceptors (Lipinski definition) is 4. The van der Waals surface area contributed by atoms with Crippen LogP contribution in [0, 0.1) is 12.8 Å². The van der Waals surface area contributed by atoms with Crippen molar-refractivity contribution in [2.24, 2.45) is 5.92 Å². The number of fused-ring (bicyclic) bond motifs is 2. The van der Waals surface area contributed by atoms with Gasteiger partial charge in [-0.25, -0.2) is 4.79 Å². The van der Waals surface area contributed by atoms with Gasteiger partial charge < -0.3 is 14.2 Å². The third-order valence-corrected chi connectivity index (χ3v) is 4.77. The first kappa shape index (κ1) is 19.3. The lowest BCUT2D eigenvalue weighted by atomic mass is 9.87. The molecule has 4 rings (SSSR count). The van der Waals surface area contributed by atoms with Crippen LogP contribution >= 0.6 is 0 Å². The van der Waals surface area contributed by atoms with Gasteiger partial charge in [0, 0.05) is 12.0 Å². The Hall–Kier alpha value is -2.43. The average Bonchev–Trinajstić information content (AvgIpc) is 3.09. The van der Waals surface area contributed by atoms with Crippen molar-refractivity contribution < 1.29 is 19.0 Å². The molecule has 2 aliphatic rings. The van der Waals surface area contributed by atoms with Crippen molar-refractivity contribution in [3.8, 4) is 0 Å². The average molecular weight is 366 g/mol. The third kappa shape index (κ3) is 5.52. The van der Waals surface area contributed by atoms with Crippen LogP contribution in [-0.2, 0) is 25.4 Å². The van der Waals surface area contributed by atoms with Crippen LogP contribution in [0.1, 0.15) is 17.5 Å². The van der Waals surface area contributed by atoms with Gasteiger partial charge in [-0.1, -0.05) is 72.8 Å². The Morgan fingerprint density at radius 2 is 1.81 bits per heavy atom. The summed E-state index contributed by atoms with van der Waals surface area (Å²) in [6.07, 6.45) is 2.20. The number of esters is 1. The lowest BCUT2D eigenvalue weighted by Crippen LogP contribution is -2.44. The second kappa shape index (κ2) is 9.49. The summed E-state index contributed by atoms with van der Waals surface area (Å²) in [6.45, 7) is 6.11. The summed E-state index contributed by atoms with van der Waals surface area (Å²) >= 11 is 0. The van der Waals surface area contributed by atoms with Crippen LogP contribution in [0.4, 0.5) is 0 Å². The van der Waals surface area contributed by atoms with Gasteiger partial charge in [0.2, 0.25) is 0 Å². The van der Waals surface area contributed by atoms with E-state index in [9.17, 15) is 4.79 Å². The zero-order valence-corrected chi connectivity index (χ0v) is 15.6. The van der Waals surface area contributed by atoms with Crippen molar-refractivity contribution >= 4 is 5.97 Å². The van der Waals surface area contributed by atoms with Gasteiger partial charge in [0.05, 0.1) is 12.7 Å². The second-order valence-electron chi connectivity index (χ2n) is 6.91. The fraction of sp³-hybridized carbons (Fsp3) is 0.348. The first-order valence-corrected chi connectivity index (χ1v) is 9.31. The zero-order valence-electron chi connectivity index (χ0n) is 15.6. The molecule has 2 bridgehead atoms. The second-order valence-corrected chi connectivity index (χ2v) is 6.91. The SMILES string of the molecule is C=CC(=O)OC1C(Cc2ccccc2)C[C@H]2CO[C@@H]1O2.Cc1ccccc1. The molecule has 0 aromatic heterocycles. The largest absolute Gasteiger partial charge is 0.453 e. The first-order valence-electron chi connectivity index (χ1n) is 9.31. The Morgan fingerprint density at radius 1 is 1.15 bits per heavy atom. The van der Waals surface area contributed by atoms with E-state index in [2.05, 4.69) is 37.8 Å². The molecule has 4 atom stereocenters. The fourth-order valence-corrected chi connectivity index (χ4v) is 3.45. The predicted octanol–water partition coefficient (Wildman–Crippen LogP) is 4.08. The van der Waals surface area contributed by atoms with Gasteiger partial charge >= 0.3 is 5.97 Å². The summed E-state index contributed by atoms with van der Waals surface area (Å²) < 4.78 is 16.7. The van der Waals surface area contributed by atoms with Gasteiger partial charge in [-0.05, 0) is 25.3 Å². The monoisotopic (exact) mass is 366 g/mol. The molecule has 0 N–H and O–H groups in total. The van der Waals surface area contributed by atoms with E-state index >= 15 is 0 Å². The highest BCUT2D eigenvalue weighted by Gasteiger charge is 2.46. The number of carbonyl (C=O) groups excluding carboxylic acids is 1. The van der Waals surface area contributed by atoms with Crippen LogP contribution in [0.25, 0.3) is 0 Å². The molecule has 142 valence electrons.